The number of hydrogen-bond donors (Lipinski definition) is 3. The summed E-state index contributed by atoms with van der Waals surface area (Å²) in [6.45, 7) is 10.9. The first-order chi connectivity index (χ1) is 17.1. The Labute approximate surface area is 219 Å². The van der Waals surface area contributed by atoms with Gasteiger partial charge in [0.15, 0.2) is 0 Å². The standard InChI is InChI=1S/C32H50O4/c1-5-6-9-30(36)32(17-18-32)16-14-28(34)22(3)26-12-13-27-23(8-7-15-31(26,27)4)10-11-24-19-25(33)20-29(35)21(24)2/h10-11,22,25-29,33-35H,2,5-9,12-20H2,1,3-4H3/b23-10+,24-11-/t22-,25+,26+,27-,28-,29-,31+/m0/s1. The molecule has 4 fully saturated rings. The van der Waals surface area contributed by atoms with Gasteiger partial charge in [0.05, 0.1) is 18.3 Å². The number of Topliss-reactive ketones (excluding diaryl/α,β-unsaturated/α-hetero) is 1. The van der Waals surface area contributed by atoms with Crippen molar-refractivity contribution in [3.8, 4) is 0 Å². The first kappa shape index (κ1) is 27.8. The number of aliphatic hydroxyl groups is 3. The molecule has 4 nitrogen and oxygen atoms in total. The number of allylic oxidation sites excluding steroid dienone is 3. The molecule has 3 N–H and O–H groups in total. The van der Waals surface area contributed by atoms with Crippen LogP contribution < -0.4 is 0 Å². The van der Waals surface area contributed by atoms with Crippen molar-refractivity contribution in [2.45, 2.75) is 129 Å². The highest BCUT2D eigenvalue weighted by Gasteiger charge is 2.52. The second kappa shape index (κ2) is 11.3. The van der Waals surface area contributed by atoms with Crippen LogP contribution >= 0.6 is 0 Å². The highest BCUT2D eigenvalue weighted by molar-refractivity contribution is 5.87. The monoisotopic (exact) mass is 498 g/mol. The van der Waals surface area contributed by atoms with E-state index in [2.05, 4.69) is 39.5 Å². The molecule has 4 saturated carbocycles. The maximum atomic E-state index is 12.7. The molecule has 4 rings (SSSR count). The topological polar surface area (TPSA) is 77.8 Å². The first-order valence-corrected chi connectivity index (χ1v) is 14.8. The number of hydrogen-bond acceptors (Lipinski definition) is 4. The highest BCUT2D eigenvalue weighted by atomic mass is 16.3. The van der Waals surface area contributed by atoms with Crippen LogP contribution in [0.1, 0.15) is 111 Å². The number of unbranched alkanes of at least 4 members (excludes halogenated alkanes) is 1. The van der Waals surface area contributed by atoms with E-state index in [4.69, 9.17) is 0 Å². The van der Waals surface area contributed by atoms with Crippen molar-refractivity contribution in [1.82, 2.24) is 0 Å². The predicted octanol–water partition coefficient (Wildman–Crippen LogP) is 6.44. The molecular formula is C32H50O4. The van der Waals surface area contributed by atoms with Gasteiger partial charge in [-0.3, -0.25) is 4.79 Å². The molecule has 36 heavy (non-hydrogen) atoms. The number of aliphatic hydroxyl groups excluding tert-OH is 3. The Kier molecular flexibility index (Phi) is 8.69. The van der Waals surface area contributed by atoms with Crippen LogP contribution in [0.25, 0.3) is 0 Å². The van der Waals surface area contributed by atoms with Gasteiger partial charge >= 0.3 is 0 Å². The van der Waals surface area contributed by atoms with Crippen molar-refractivity contribution in [3.63, 3.8) is 0 Å². The van der Waals surface area contributed by atoms with E-state index in [0.717, 1.165) is 62.5 Å². The quantitative estimate of drug-likeness (QED) is 0.324. The predicted molar refractivity (Wildman–Crippen MR) is 145 cm³/mol. The lowest BCUT2D eigenvalue weighted by Crippen LogP contribution is -2.39. The van der Waals surface area contributed by atoms with E-state index in [1.165, 1.54) is 24.8 Å². The summed E-state index contributed by atoms with van der Waals surface area (Å²) < 4.78 is 0. The maximum Gasteiger partial charge on any atom is 0.139 e. The van der Waals surface area contributed by atoms with E-state index < -0.39 is 12.2 Å². The lowest BCUT2D eigenvalue weighted by molar-refractivity contribution is -0.124. The molecule has 4 aliphatic rings. The van der Waals surface area contributed by atoms with Gasteiger partial charge in [-0.25, -0.2) is 0 Å². The average Bonchev–Trinajstić information content (AvgIpc) is 3.56. The van der Waals surface area contributed by atoms with Gasteiger partial charge in [-0.2, -0.15) is 0 Å². The maximum absolute atomic E-state index is 12.7. The molecule has 0 aromatic heterocycles. The molecule has 0 heterocycles. The van der Waals surface area contributed by atoms with Crippen LogP contribution in [0.15, 0.2) is 35.5 Å². The summed E-state index contributed by atoms with van der Waals surface area (Å²) in [5.41, 5.74) is 3.29. The van der Waals surface area contributed by atoms with Crippen LogP contribution in [0.4, 0.5) is 0 Å². The molecule has 0 spiro atoms. The van der Waals surface area contributed by atoms with Gasteiger partial charge in [0, 0.05) is 18.3 Å². The molecule has 0 saturated heterocycles. The van der Waals surface area contributed by atoms with Gasteiger partial charge in [-0.15, -0.1) is 0 Å². The van der Waals surface area contributed by atoms with Gasteiger partial charge in [-0.1, -0.05) is 51.5 Å². The van der Waals surface area contributed by atoms with E-state index in [9.17, 15) is 20.1 Å². The van der Waals surface area contributed by atoms with Gasteiger partial charge in [0.25, 0.3) is 0 Å². The highest BCUT2D eigenvalue weighted by Crippen LogP contribution is 2.60. The third-order valence-corrected chi connectivity index (χ3v) is 10.7. The van der Waals surface area contributed by atoms with E-state index in [0.29, 0.717) is 36.9 Å². The van der Waals surface area contributed by atoms with E-state index in [-0.39, 0.29) is 22.9 Å². The second-order valence-corrected chi connectivity index (χ2v) is 12.9. The molecular weight excluding hydrogens is 448 g/mol. The third kappa shape index (κ3) is 5.61. The summed E-state index contributed by atoms with van der Waals surface area (Å²) >= 11 is 0. The van der Waals surface area contributed by atoms with Crippen LogP contribution in [-0.4, -0.2) is 39.4 Å². The molecule has 0 amide bonds. The Morgan fingerprint density at radius 1 is 1.19 bits per heavy atom. The molecule has 4 heteroatoms. The molecule has 202 valence electrons. The van der Waals surface area contributed by atoms with Crippen LogP contribution in [0, 0.1) is 28.6 Å². The first-order valence-electron chi connectivity index (χ1n) is 14.8. The summed E-state index contributed by atoms with van der Waals surface area (Å²) in [4.78, 5) is 12.7. The number of ketones is 1. The molecule has 0 bridgehead atoms. The SMILES string of the molecule is C=C1/C(=C\C=C2/CCC[C@]3(C)[C@@H]([C@H](C)[C@@H](O)CCC4(C(=O)CCCC)CC4)CC[C@@H]23)C[C@@H](O)C[C@@H]1O. The van der Waals surface area contributed by atoms with Crippen LogP contribution in [0.3, 0.4) is 0 Å². The van der Waals surface area contributed by atoms with E-state index in [1.54, 1.807) is 0 Å². The van der Waals surface area contributed by atoms with E-state index in [1.807, 2.05) is 0 Å². The summed E-state index contributed by atoms with van der Waals surface area (Å²) in [6, 6.07) is 0. The minimum absolute atomic E-state index is 0.115. The van der Waals surface area contributed by atoms with Crippen molar-refractivity contribution in [3.05, 3.63) is 35.5 Å². The zero-order valence-electron chi connectivity index (χ0n) is 23.0. The number of fused-ring (bicyclic) bond motifs is 1. The number of carbonyl (C=O) groups excluding carboxylic acids is 1. The second-order valence-electron chi connectivity index (χ2n) is 12.9. The molecule has 7 atom stereocenters. The lowest BCUT2D eigenvalue weighted by atomic mass is 9.60. The smallest absolute Gasteiger partial charge is 0.139 e. The van der Waals surface area contributed by atoms with Gasteiger partial charge < -0.3 is 15.3 Å². The number of rotatable bonds is 10. The molecule has 0 aromatic rings. The third-order valence-electron chi connectivity index (χ3n) is 10.7. The average molecular weight is 499 g/mol. The molecule has 4 aliphatic carbocycles. The van der Waals surface area contributed by atoms with Crippen molar-refractivity contribution in [1.29, 1.82) is 0 Å². The van der Waals surface area contributed by atoms with Gasteiger partial charge in [0.1, 0.15) is 5.78 Å². The minimum atomic E-state index is -0.648. The van der Waals surface area contributed by atoms with Crippen LogP contribution in [-0.2, 0) is 4.79 Å². The van der Waals surface area contributed by atoms with Gasteiger partial charge in [0.2, 0.25) is 0 Å². The van der Waals surface area contributed by atoms with Crippen molar-refractivity contribution >= 4 is 5.78 Å². The zero-order chi connectivity index (χ0) is 26.1. The Hall–Kier alpha value is -1.23. The summed E-state index contributed by atoms with van der Waals surface area (Å²) in [6.07, 6.45) is 16.0. The normalized spacial score (nSPS) is 37.7. The fraction of sp³-hybridized carbons (Fsp3) is 0.781. The Morgan fingerprint density at radius 2 is 1.94 bits per heavy atom. The minimum Gasteiger partial charge on any atom is -0.393 e. The Morgan fingerprint density at radius 3 is 2.64 bits per heavy atom. The Balaban J connectivity index is 1.40. The summed E-state index contributed by atoms with van der Waals surface area (Å²) in [7, 11) is 0. The Bertz CT molecular complexity index is 881. The van der Waals surface area contributed by atoms with Crippen LogP contribution in [0.2, 0.25) is 0 Å². The fourth-order valence-electron chi connectivity index (χ4n) is 7.99. The summed E-state index contributed by atoms with van der Waals surface area (Å²) in [5, 5.41) is 31.6. The van der Waals surface area contributed by atoms with Crippen molar-refractivity contribution in [2.24, 2.45) is 28.6 Å². The number of carbonyl (C=O) groups is 1. The largest absolute Gasteiger partial charge is 0.393 e. The molecule has 0 aromatic carbocycles. The molecule has 0 radical (unpaired) electrons. The van der Waals surface area contributed by atoms with Crippen molar-refractivity contribution in [2.75, 3.05) is 0 Å². The van der Waals surface area contributed by atoms with Crippen molar-refractivity contribution < 1.29 is 20.1 Å². The summed E-state index contributed by atoms with van der Waals surface area (Å²) in [5.74, 6) is 1.70. The lowest BCUT2D eigenvalue weighted by Gasteiger charge is -2.45. The molecule has 0 unspecified atom stereocenters. The zero-order valence-corrected chi connectivity index (χ0v) is 23.0. The van der Waals surface area contributed by atoms with Gasteiger partial charge in [-0.05, 0) is 105 Å². The van der Waals surface area contributed by atoms with Crippen LogP contribution in [0.5, 0.6) is 0 Å². The fourth-order valence-corrected chi connectivity index (χ4v) is 7.99. The molecule has 0 aliphatic heterocycles. The van der Waals surface area contributed by atoms with E-state index >= 15 is 0 Å².